The van der Waals surface area contributed by atoms with Gasteiger partial charge in [-0.15, -0.1) is 0 Å². The third-order valence-corrected chi connectivity index (χ3v) is 2.60. The number of hydrogen-bond donors (Lipinski definition) is 2. The fraction of sp³-hybridized carbons (Fsp3) is 0.500. The Morgan fingerprint density at radius 2 is 1.67 bits per heavy atom. The Balaban J connectivity index is 2.36. The van der Waals surface area contributed by atoms with Gasteiger partial charge in [-0.25, -0.2) is 0 Å². The molecule has 0 radical (unpaired) electrons. The summed E-state index contributed by atoms with van der Waals surface area (Å²) in [6, 6.07) is 7.50. The van der Waals surface area contributed by atoms with Crippen LogP contribution in [0.15, 0.2) is 24.3 Å². The van der Waals surface area contributed by atoms with Gasteiger partial charge in [0.25, 0.3) is 0 Å². The molecule has 0 aliphatic carbocycles. The van der Waals surface area contributed by atoms with Crippen molar-refractivity contribution in [1.82, 2.24) is 0 Å². The van der Waals surface area contributed by atoms with E-state index < -0.39 is 7.12 Å². The number of unbranched alkanes of at least 4 members (excludes halogenated alkanes) is 3. The van der Waals surface area contributed by atoms with Crippen molar-refractivity contribution in [1.29, 1.82) is 0 Å². The van der Waals surface area contributed by atoms with Gasteiger partial charge in [-0.3, -0.25) is 0 Å². The summed E-state index contributed by atoms with van der Waals surface area (Å²) in [6.45, 7) is 2.21. The maximum Gasteiger partial charge on any atom is 0.488 e. The van der Waals surface area contributed by atoms with Crippen LogP contribution in [0.2, 0.25) is 0 Å². The molecular weight excluding hydrogens is 187 g/mol. The molecule has 0 aromatic heterocycles. The second-order valence-electron chi connectivity index (χ2n) is 3.93. The smallest absolute Gasteiger partial charge is 0.423 e. The Morgan fingerprint density at radius 3 is 2.20 bits per heavy atom. The van der Waals surface area contributed by atoms with Crippen molar-refractivity contribution in [2.24, 2.45) is 0 Å². The van der Waals surface area contributed by atoms with E-state index in [4.69, 9.17) is 10.0 Å². The molecule has 0 aliphatic heterocycles. The summed E-state index contributed by atoms with van der Waals surface area (Å²) < 4.78 is 0. The van der Waals surface area contributed by atoms with E-state index in [1.807, 2.05) is 12.1 Å². The summed E-state index contributed by atoms with van der Waals surface area (Å²) in [5.41, 5.74) is 1.84. The molecule has 0 saturated heterocycles. The Hall–Kier alpha value is -0.795. The topological polar surface area (TPSA) is 40.5 Å². The van der Waals surface area contributed by atoms with Crippen LogP contribution in [0.1, 0.15) is 38.2 Å². The molecule has 3 heteroatoms. The minimum atomic E-state index is -1.35. The Morgan fingerprint density at radius 1 is 1.00 bits per heavy atom. The van der Waals surface area contributed by atoms with Crippen molar-refractivity contribution < 1.29 is 10.0 Å². The first-order chi connectivity index (χ1) is 7.24. The average molecular weight is 206 g/mol. The van der Waals surface area contributed by atoms with Crippen molar-refractivity contribution in [2.45, 2.75) is 39.0 Å². The van der Waals surface area contributed by atoms with Gasteiger partial charge in [-0.2, -0.15) is 0 Å². The molecule has 1 aromatic rings. The molecule has 82 valence electrons. The van der Waals surface area contributed by atoms with Crippen LogP contribution in [0.4, 0.5) is 0 Å². The lowest BCUT2D eigenvalue weighted by Crippen LogP contribution is -2.29. The summed E-state index contributed by atoms with van der Waals surface area (Å²) in [6.07, 6.45) is 6.14. The molecule has 2 N–H and O–H groups in total. The van der Waals surface area contributed by atoms with Crippen LogP contribution < -0.4 is 5.46 Å². The number of benzene rings is 1. The molecule has 0 fully saturated rings. The molecule has 0 unspecified atom stereocenters. The van der Waals surface area contributed by atoms with Crippen LogP contribution in [0.3, 0.4) is 0 Å². The van der Waals surface area contributed by atoms with Gasteiger partial charge in [0.05, 0.1) is 0 Å². The monoisotopic (exact) mass is 206 g/mol. The minimum absolute atomic E-state index is 0.562. The predicted molar refractivity (Wildman–Crippen MR) is 64.1 cm³/mol. The van der Waals surface area contributed by atoms with E-state index in [1.54, 1.807) is 12.1 Å². The third kappa shape index (κ3) is 4.49. The van der Waals surface area contributed by atoms with Gasteiger partial charge in [-0.05, 0) is 23.9 Å². The Kier molecular flexibility index (Phi) is 5.44. The number of rotatable bonds is 6. The molecule has 0 amide bonds. The van der Waals surface area contributed by atoms with Gasteiger partial charge in [-0.1, -0.05) is 50.5 Å². The molecule has 15 heavy (non-hydrogen) atoms. The van der Waals surface area contributed by atoms with E-state index in [9.17, 15) is 0 Å². The molecule has 2 nitrogen and oxygen atoms in total. The molecule has 0 spiro atoms. The SMILES string of the molecule is CCCCCCc1ccc(B(O)O)cc1. The van der Waals surface area contributed by atoms with Gasteiger partial charge in [0.1, 0.15) is 0 Å². The first kappa shape index (κ1) is 12.3. The summed E-state index contributed by atoms with van der Waals surface area (Å²) in [5, 5.41) is 17.8. The fourth-order valence-corrected chi connectivity index (χ4v) is 1.61. The highest BCUT2D eigenvalue weighted by atomic mass is 16.4. The van der Waals surface area contributed by atoms with Crippen LogP contribution in [0, 0.1) is 0 Å². The zero-order valence-electron chi connectivity index (χ0n) is 9.32. The Labute approximate surface area is 92.1 Å². The van der Waals surface area contributed by atoms with Gasteiger partial charge >= 0.3 is 7.12 Å². The average Bonchev–Trinajstić information content (AvgIpc) is 2.25. The summed E-state index contributed by atoms with van der Waals surface area (Å²) >= 11 is 0. The summed E-state index contributed by atoms with van der Waals surface area (Å²) in [5.74, 6) is 0. The second kappa shape index (κ2) is 6.65. The highest BCUT2D eigenvalue weighted by Gasteiger charge is 2.09. The molecule has 0 aliphatic rings. The first-order valence-electron chi connectivity index (χ1n) is 5.69. The van der Waals surface area contributed by atoms with Gasteiger partial charge in [0.2, 0.25) is 0 Å². The van der Waals surface area contributed by atoms with Crippen LogP contribution in [0.5, 0.6) is 0 Å². The lowest BCUT2D eigenvalue weighted by molar-refractivity contribution is 0.426. The lowest BCUT2D eigenvalue weighted by Gasteiger charge is -2.03. The van der Waals surface area contributed by atoms with Gasteiger partial charge in [0.15, 0.2) is 0 Å². The predicted octanol–water partition coefficient (Wildman–Crippen LogP) is 1.49. The first-order valence-corrected chi connectivity index (χ1v) is 5.69. The normalized spacial score (nSPS) is 10.3. The second-order valence-corrected chi connectivity index (χ2v) is 3.93. The number of hydrogen-bond acceptors (Lipinski definition) is 2. The highest BCUT2D eigenvalue weighted by molar-refractivity contribution is 6.58. The zero-order chi connectivity index (χ0) is 11.1. The fourth-order valence-electron chi connectivity index (χ4n) is 1.61. The van der Waals surface area contributed by atoms with E-state index >= 15 is 0 Å². The van der Waals surface area contributed by atoms with E-state index in [2.05, 4.69) is 6.92 Å². The van der Waals surface area contributed by atoms with Crippen molar-refractivity contribution in [3.63, 3.8) is 0 Å². The summed E-state index contributed by atoms with van der Waals surface area (Å²) in [7, 11) is -1.35. The third-order valence-electron chi connectivity index (χ3n) is 2.60. The molecule has 0 atom stereocenters. The van der Waals surface area contributed by atoms with Crippen molar-refractivity contribution >= 4 is 12.6 Å². The van der Waals surface area contributed by atoms with Gasteiger partial charge < -0.3 is 10.0 Å². The van der Waals surface area contributed by atoms with Crippen LogP contribution in [-0.4, -0.2) is 17.2 Å². The zero-order valence-corrected chi connectivity index (χ0v) is 9.32. The van der Waals surface area contributed by atoms with E-state index in [0.717, 1.165) is 6.42 Å². The van der Waals surface area contributed by atoms with E-state index in [-0.39, 0.29) is 0 Å². The van der Waals surface area contributed by atoms with Gasteiger partial charge in [0, 0.05) is 0 Å². The molecule has 1 rings (SSSR count). The maximum absolute atomic E-state index is 8.92. The minimum Gasteiger partial charge on any atom is -0.423 e. The molecule has 0 heterocycles. The molecular formula is C12H19BO2. The van der Waals surface area contributed by atoms with Crippen LogP contribution >= 0.6 is 0 Å². The molecule has 0 bridgehead atoms. The van der Waals surface area contributed by atoms with E-state index in [1.165, 1.54) is 31.2 Å². The summed E-state index contributed by atoms with van der Waals surface area (Å²) in [4.78, 5) is 0. The standard InChI is InChI=1S/C12H19BO2/c1-2-3-4-5-6-11-7-9-12(10-8-11)13(14)15/h7-10,14-15H,2-6H2,1H3. The number of aryl methyl sites for hydroxylation is 1. The van der Waals surface area contributed by atoms with Crippen molar-refractivity contribution in [2.75, 3.05) is 0 Å². The van der Waals surface area contributed by atoms with Crippen LogP contribution in [0.25, 0.3) is 0 Å². The maximum atomic E-state index is 8.92. The van der Waals surface area contributed by atoms with Crippen molar-refractivity contribution in [3.8, 4) is 0 Å². The largest absolute Gasteiger partial charge is 0.488 e. The molecule has 0 saturated carbocycles. The van der Waals surface area contributed by atoms with E-state index in [0.29, 0.717) is 5.46 Å². The highest BCUT2D eigenvalue weighted by Crippen LogP contribution is 2.06. The molecule has 1 aromatic carbocycles. The Bertz CT molecular complexity index is 269. The lowest BCUT2D eigenvalue weighted by atomic mass is 9.80. The quantitative estimate of drug-likeness (QED) is 0.546. The van der Waals surface area contributed by atoms with Crippen molar-refractivity contribution in [3.05, 3.63) is 29.8 Å². The van der Waals surface area contributed by atoms with Crippen LogP contribution in [-0.2, 0) is 6.42 Å².